The maximum atomic E-state index is 12.2. The second-order valence-corrected chi connectivity index (χ2v) is 10.7. The highest BCUT2D eigenvalue weighted by Crippen LogP contribution is 2.25. The van der Waals surface area contributed by atoms with Crippen molar-refractivity contribution in [2.75, 3.05) is 17.2 Å². The molecule has 0 saturated heterocycles. The topological polar surface area (TPSA) is 66.9 Å². The first kappa shape index (κ1) is 27.8. The molecule has 0 spiro atoms. The molecule has 0 aromatic carbocycles. The molecule has 1 fully saturated rings. The molecule has 0 unspecified atom stereocenters. The standard InChI is InChI=1S/C27H48N4OS/c1-2-3-4-5-6-7-8-9-10-11-12-13-14-15-19-22-25(32)29-27-31-30-26(33-27)28-23-24-20-17-16-18-21-24/h9-10,24H,2-8,11-23H2,1H3,(H,28,30)(H,29,31,32)/b10-9+. The summed E-state index contributed by atoms with van der Waals surface area (Å²) in [5, 5.41) is 16.0. The van der Waals surface area contributed by atoms with E-state index in [4.69, 9.17) is 0 Å². The summed E-state index contributed by atoms with van der Waals surface area (Å²) in [5.74, 6) is 0.810. The highest BCUT2D eigenvalue weighted by molar-refractivity contribution is 7.19. The first-order valence-electron chi connectivity index (χ1n) is 13.8. The van der Waals surface area contributed by atoms with Crippen molar-refractivity contribution in [1.82, 2.24) is 10.2 Å². The lowest BCUT2D eigenvalue weighted by Crippen LogP contribution is -2.16. The quantitative estimate of drug-likeness (QED) is 0.155. The molecule has 0 bridgehead atoms. The maximum absolute atomic E-state index is 12.2. The van der Waals surface area contributed by atoms with Crippen molar-refractivity contribution < 1.29 is 4.79 Å². The van der Waals surface area contributed by atoms with Crippen molar-refractivity contribution in [3.05, 3.63) is 12.2 Å². The summed E-state index contributed by atoms with van der Waals surface area (Å²) in [4.78, 5) is 12.2. The molecule has 1 amide bonds. The molecule has 1 saturated carbocycles. The van der Waals surface area contributed by atoms with E-state index >= 15 is 0 Å². The van der Waals surface area contributed by atoms with Gasteiger partial charge in [0, 0.05) is 13.0 Å². The van der Waals surface area contributed by atoms with Crippen molar-refractivity contribution in [3.8, 4) is 0 Å². The molecule has 2 N–H and O–H groups in total. The Morgan fingerprint density at radius 1 is 0.848 bits per heavy atom. The smallest absolute Gasteiger partial charge is 0.226 e. The summed E-state index contributed by atoms with van der Waals surface area (Å²) in [6, 6.07) is 0. The van der Waals surface area contributed by atoms with E-state index in [2.05, 4.69) is 39.9 Å². The Bertz CT molecular complexity index is 640. The zero-order valence-electron chi connectivity index (χ0n) is 21.1. The van der Waals surface area contributed by atoms with E-state index in [0.29, 0.717) is 11.6 Å². The molecule has 2 rings (SSSR count). The van der Waals surface area contributed by atoms with Crippen LogP contribution in [0.1, 0.15) is 129 Å². The Morgan fingerprint density at radius 2 is 1.45 bits per heavy atom. The SMILES string of the molecule is CCCCCCCC/C=C/CCCCCCCC(=O)Nc1nnc(NCC2CCCCC2)s1. The van der Waals surface area contributed by atoms with Crippen LogP contribution in [-0.4, -0.2) is 22.6 Å². The second kappa shape index (κ2) is 18.9. The van der Waals surface area contributed by atoms with Gasteiger partial charge < -0.3 is 10.6 Å². The molecule has 1 heterocycles. The third kappa shape index (κ3) is 14.4. The van der Waals surface area contributed by atoms with Gasteiger partial charge in [0.1, 0.15) is 0 Å². The Morgan fingerprint density at radius 3 is 2.15 bits per heavy atom. The molecule has 1 aromatic rings. The van der Waals surface area contributed by atoms with E-state index in [1.165, 1.54) is 114 Å². The van der Waals surface area contributed by atoms with Gasteiger partial charge in [-0.25, -0.2) is 0 Å². The first-order valence-corrected chi connectivity index (χ1v) is 14.6. The van der Waals surface area contributed by atoms with Crippen LogP contribution in [0, 0.1) is 5.92 Å². The largest absolute Gasteiger partial charge is 0.360 e. The molecule has 1 aromatic heterocycles. The first-order chi connectivity index (χ1) is 16.3. The summed E-state index contributed by atoms with van der Waals surface area (Å²) in [7, 11) is 0. The molecule has 1 aliphatic rings. The summed E-state index contributed by atoms with van der Waals surface area (Å²) in [5.41, 5.74) is 0. The van der Waals surface area contributed by atoms with Gasteiger partial charge in [0.2, 0.25) is 16.2 Å². The molecule has 33 heavy (non-hydrogen) atoms. The monoisotopic (exact) mass is 476 g/mol. The van der Waals surface area contributed by atoms with E-state index in [1.807, 2.05) is 0 Å². The zero-order valence-corrected chi connectivity index (χ0v) is 21.9. The molecule has 0 atom stereocenters. The van der Waals surface area contributed by atoms with Crippen LogP contribution in [0.15, 0.2) is 12.2 Å². The number of allylic oxidation sites excluding steroid dienone is 2. The minimum Gasteiger partial charge on any atom is -0.360 e. The number of nitrogens with one attached hydrogen (secondary N) is 2. The van der Waals surface area contributed by atoms with Gasteiger partial charge in [-0.1, -0.05) is 101 Å². The molecular formula is C27H48N4OS. The van der Waals surface area contributed by atoms with Crippen LogP contribution in [0.2, 0.25) is 0 Å². The van der Waals surface area contributed by atoms with Gasteiger partial charge >= 0.3 is 0 Å². The van der Waals surface area contributed by atoms with Gasteiger partial charge in [0.15, 0.2) is 0 Å². The van der Waals surface area contributed by atoms with Crippen LogP contribution in [0.5, 0.6) is 0 Å². The fourth-order valence-electron chi connectivity index (χ4n) is 4.51. The predicted molar refractivity (Wildman–Crippen MR) is 143 cm³/mol. The van der Waals surface area contributed by atoms with Gasteiger partial charge in [-0.2, -0.15) is 0 Å². The summed E-state index contributed by atoms with van der Waals surface area (Å²) in [6.07, 6.45) is 28.5. The zero-order chi connectivity index (χ0) is 23.4. The Hall–Kier alpha value is -1.43. The van der Waals surface area contributed by atoms with Crippen LogP contribution < -0.4 is 10.6 Å². The highest BCUT2D eigenvalue weighted by atomic mass is 32.1. The summed E-state index contributed by atoms with van der Waals surface area (Å²) >= 11 is 1.44. The molecule has 0 radical (unpaired) electrons. The predicted octanol–water partition coefficient (Wildman–Crippen LogP) is 8.51. The fourth-order valence-corrected chi connectivity index (χ4v) is 5.17. The molecule has 1 aliphatic carbocycles. The van der Waals surface area contributed by atoms with Gasteiger partial charge in [-0.15, -0.1) is 10.2 Å². The van der Waals surface area contributed by atoms with E-state index in [-0.39, 0.29) is 5.91 Å². The van der Waals surface area contributed by atoms with Crippen molar-refractivity contribution in [1.29, 1.82) is 0 Å². The second-order valence-electron chi connectivity index (χ2n) is 9.68. The average Bonchev–Trinajstić information content (AvgIpc) is 3.28. The fraction of sp³-hybridized carbons (Fsp3) is 0.815. The van der Waals surface area contributed by atoms with Crippen LogP contribution in [0.4, 0.5) is 10.3 Å². The molecule has 6 heteroatoms. The third-order valence-electron chi connectivity index (χ3n) is 6.60. The van der Waals surface area contributed by atoms with Crippen molar-refractivity contribution in [2.24, 2.45) is 5.92 Å². The lowest BCUT2D eigenvalue weighted by molar-refractivity contribution is -0.116. The summed E-state index contributed by atoms with van der Waals surface area (Å²) < 4.78 is 0. The molecular weight excluding hydrogens is 428 g/mol. The lowest BCUT2D eigenvalue weighted by atomic mass is 9.89. The number of aromatic nitrogens is 2. The van der Waals surface area contributed by atoms with Crippen LogP contribution in [0.3, 0.4) is 0 Å². The van der Waals surface area contributed by atoms with E-state index < -0.39 is 0 Å². The van der Waals surface area contributed by atoms with Crippen LogP contribution >= 0.6 is 11.3 Å². The normalized spacial score (nSPS) is 14.7. The number of hydrogen-bond acceptors (Lipinski definition) is 5. The average molecular weight is 477 g/mol. The van der Waals surface area contributed by atoms with Gasteiger partial charge in [-0.3, -0.25) is 4.79 Å². The Kier molecular flexibility index (Phi) is 16.0. The Labute approximate surface area is 206 Å². The van der Waals surface area contributed by atoms with Crippen LogP contribution in [0.25, 0.3) is 0 Å². The van der Waals surface area contributed by atoms with Crippen LogP contribution in [-0.2, 0) is 4.79 Å². The number of carbonyl (C=O) groups excluding carboxylic acids is 1. The number of hydrogen-bond donors (Lipinski definition) is 2. The molecule has 0 aliphatic heterocycles. The number of amides is 1. The van der Waals surface area contributed by atoms with Gasteiger partial charge in [0.25, 0.3) is 0 Å². The van der Waals surface area contributed by atoms with Crippen molar-refractivity contribution in [3.63, 3.8) is 0 Å². The molecule has 188 valence electrons. The number of nitrogens with zero attached hydrogens (tertiary/aromatic N) is 2. The van der Waals surface area contributed by atoms with E-state index in [0.717, 1.165) is 30.4 Å². The number of anilines is 2. The minimum atomic E-state index is 0.0580. The Balaban J connectivity index is 1.39. The third-order valence-corrected chi connectivity index (χ3v) is 7.40. The van der Waals surface area contributed by atoms with Gasteiger partial charge in [-0.05, 0) is 50.9 Å². The number of rotatable bonds is 19. The van der Waals surface area contributed by atoms with Gasteiger partial charge in [0.05, 0.1) is 0 Å². The van der Waals surface area contributed by atoms with Crippen molar-refractivity contribution >= 4 is 27.5 Å². The molecule has 5 nitrogen and oxygen atoms in total. The maximum Gasteiger partial charge on any atom is 0.226 e. The number of carbonyl (C=O) groups is 1. The minimum absolute atomic E-state index is 0.0580. The van der Waals surface area contributed by atoms with E-state index in [9.17, 15) is 4.79 Å². The van der Waals surface area contributed by atoms with E-state index in [1.54, 1.807) is 0 Å². The number of unbranched alkanes of at least 4 members (excludes halogenated alkanes) is 11. The highest BCUT2D eigenvalue weighted by Gasteiger charge is 2.14. The lowest BCUT2D eigenvalue weighted by Gasteiger charge is -2.21. The summed E-state index contributed by atoms with van der Waals surface area (Å²) in [6.45, 7) is 3.24. The van der Waals surface area contributed by atoms with Crippen molar-refractivity contribution in [2.45, 2.75) is 129 Å².